The molecule has 0 bridgehead atoms. The summed E-state index contributed by atoms with van der Waals surface area (Å²) in [4.78, 5) is 26.3. The highest BCUT2D eigenvalue weighted by Crippen LogP contribution is 2.33. The summed E-state index contributed by atoms with van der Waals surface area (Å²) in [6, 6.07) is 8.06. The van der Waals surface area contributed by atoms with E-state index in [1.54, 1.807) is 4.90 Å². The molecule has 1 aromatic carbocycles. The molecule has 6 nitrogen and oxygen atoms in total. The van der Waals surface area contributed by atoms with Crippen LogP contribution in [0.25, 0.3) is 0 Å². The quantitative estimate of drug-likeness (QED) is 0.789. The molecule has 2 heterocycles. The van der Waals surface area contributed by atoms with Gasteiger partial charge in [-0.25, -0.2) is 0 Å². The summed E-state index contributed by atoms with van der Waals surface area (Å²) in [5.74, 6) is 1.49. The van der Waals surface area contributed by atoms with E-state index >= 15 is 0 Å². The molecule has 1 saturated carbocycles. The van der Waals surface area contributed by atoms with Gasteiger partial charge in [-0.3, -0.25) is 9.59 Å². The number of para-hydroxylation sites is 2. The minimum atomic E-state index is -0.0474. The van der Waals surface area contributed by atoms with Crippen LogP contribution in [0.15, 0.2) is 24.3 Å². The van der Waals surface area contributed by atoms with Gasteiger partial charge >= 0.3 is 0 Å². The van der Waals surface area contributed by atoms with Gasteiger partial charge in [0.05, 0.1) is 11.7 Å². The van der Waals surface area contributed by atoms with E-state index in [2.05, 4.69) is 10.6 Å². The summed E-state index contributed by atoms with van der Waals surface area (Å²) < 4.78 is 5.46. The van der Waals surface area contributed by atoms with Gasteiger partial charge in [0.15, 0.2) is 6.61 Å². The second-order valence-corrected chi connectivity index (χ2v) is 7.55. The van der Waals surface area contributed by atoms with E-state index in [0.717, 1.165) is 24.3 Å². The van der Waals surface area contributed by atoms with Crippen LogP contribution in [0.2, 0.25) is 0 Å². The molecular weight excluding hydrogens is 330 g/mol. The molecule has 26 heavy (non-hydrogen) atoms. The van der Waals surface area contributed by atoms with Crippen molar-refractivity contribution in [3.05, 3.63) is 24.3 Å². The van der Waals surface area contributed by atoms with Gasteiger partial charge in [0.1, 0.15) is 5.75 Å². The molecule has 2 amide bonds. The molecule has 140 valence electrons. The van der Waals surface area contributed by atoms with Crippen LogP contribution in [0.5, 0.6) is 5.75 Å². The first-order chi connectivity index (χ1) is 12.7. The van der Waals surface area contributed by atoms with Crippen LogP contribution in [-0.4, -0.2) is 43.6 Å². The Hall–Kier alpha value is -2.08. The van der Waals surface area contributed by atoms with Gasteiger partial charge in [-0.1, -0.05) is 25.0 Å². The van der Waals surface area contributed by atoms with E-state index in [1.807, 2.05) is 24.3 Å². The second kappa shape index (κ2) is 7.66. The molecule has 2 N–H and O–H groups in total. The Morgan fingerprint density at radius 2 is 2.12 bits per heavy atom. The third-order valence-electron chi connectivity index (χ3n) is 5.85. The normalized spacial score (nSPS) is 27.5. The highest BCUT2D eigenvalue weighted by atomic mass is 16.5. The van der Waals surface area contributed by atoms with Crippen LogP contribution in [0, 0.1) is 5.92 Å². The molecule has 3 aliphatic rings. The number of carbonyl (C=O) groups is 2. The molecule has 0 radical (unpaired) electrons. The van der Waals surface area contributed by atoms with Crippen molar-refractivity contribution >= 4 is 17.5 Å². The maximum atomic E-state index is 12.4. The average molecular weight is 357 g/mol. The van der Waals surface area contributed by atoms with Gasteiger partial charge in [0, 0.05) is 19.1 Å². The number of nitrogens with zero attached hydrogens (tertiary/aromatic N) is 1. The Balaban J connectivity index is 1.24. The van der Waals surface area contributed by atoms with Crippen molar-refractivity contribution < 1.29 is 14.3 Å². The lowest BCUT2D eigenvalue weighted by Crippen LogP contribution is -2.44. The van der Waals surface area contributed by atoms with Crippen molar-refractivity contribution in [1.82, 2.24) is 10.6 Å². The lowest BCUT2D eigenvalue weighted by molar-refractivity contribution is -0.122. The van der Waals surface area contributed by atoms with Gasteiger partial charge in [-0.15, -0.1) is 0 Å². The maximum Gasteiger partial charge on any atom is 0.265 e. The minimum Gasteiger partial charge on any atom is -0.482 e. The van der Waals surface area contributed by atoms with E-state index in [9.17, 15) is 9.59 Å². The number of benzene rings is 1. The summed E-state index contributed by atoms with van der Waals surface area (Å²) in [6.07, 6.45) is 6.72. The highest BCUT2D eigenvalue weighted by molar-refractivity contribution is 5.97. The summed E-state index contributed by atoms with van der Waals surface area (Å²) in [5.41, 5.74) is 0.816. The molecule has 1 aromatic rings. The third kappa shape index (κ3) is 3.56. The zero-order valence-electron chi connectivity index (χ0n) is 15.1. The predicted molar refractivity (Wildman–Crippen MR) is 99.2 cm³/mol. The summed E-state index contributed by atoms with van der Waals surface area (Å²) >= 11 is 0. The number of anilines is 1. The van der Waals surface area contributed by atoms with E-state index in [4.69, 9.17) is 4.74 Å². The van der Waals surface area contributed by atoms with Crippen molar-refractivity contribution in [2.45, 2.75) is 50.6 Å². The zero-order chi connectivity index (χ0) is 17.9. The minimum absolute atomic E-state index is 0.0310. The lowest BCUT2D eigenvalue weighted by atomic mass is 9.85. The summed E-state index contributed by atoms with van der Waals surface area (Å²) in [5, 5.41) is 6.55. The molecule has 3 unspecified atom stereocenters. The fourth-order valence-corrected chi connectivity index (χ4v) is 4.49. The van der Waals surface area contributed by atoms with Crippen molar-refractivity contribution in [2.75, 3.05) is 24.6 Å². The van der Waals surface area contributed by atoms with E-state index < -0.39 is 0 Å². The fourth-order valence-electron chi connectivity index (χ4n) is 4.49. The summed E-state index contributed by atoms with van der Waals surface area (Å²) in [6.45, 7) is 1.25. The van der Waals surface area contributed by atoms with E-state index in [1.165, 1.54) is 25.7 Å². The number of amides is 2. The Labute approximate surface area is 154 Å². The highest BCUT2D eigenvalue weighted by Gasteiger charge is 2.38. The monoisotopic (exact) mass is 357 g/mol. The van der Waals surface area contributed by atoms with Crippen LogP contribution in [-0.2, 0) is 9.59 Å². The smallest absolute Gasteiger partial charge is 0.265 e. The topological polar surface area (TPSA) is 70.7 Å². The molecule has 2 fully saturated rings. The molecular formula is C20H27N3O3. The number of rotatable bonds is 5. The number of ether oxygens (including phenoxy) is 1. The Kier molecular flexibility index (Phi) is 5.11. The molecule has 6 heteroatoms. The third-order valence-corrected chi connectivity index (χ3v) is 5.85. The number of nitrogens with one attached hydrogen (secondary N) is 2. The molecule has 0 aromatic heterocycles. The van der Waals surface area contributed by atoms with Crippen LogP contribution >= 0.6 is 0 Å². The maximum absolute atomic E-state index is 12.4. The van der Waals surface area contributed by atoms with Crippen LogP contribution in [0.4, 0.5) is 5.69 Å². The lowest BCUT2D eigenvalue weighted by Gasteiger charge is -2.29. The Morgan fingerprint density at radius 1 is 1.27 bits per heavy atom. The largest absolute Gasteiger partial charge is 0.482 e. The Bertz CT molecular complexity index is 664. The first kappa shape index (κ1) is 17.3. The first-order valence-corrected chi connectivity index (χ1v) is 9.78. The van der Waals surface area contributed by atoms with Crippen LogP contribution in [0.3, 0.4) is 0 Å². The second-order valence-electron chi connectivity index (χ2n) is 7.55. The van der Waals surface area contributed by atoms with E-state index in [-0.39, 0.29) is 24.5 Å². The Morgan fingerprint density at radius 3 is 3.00 bits per heavy atom. The van der Waals surface area contributed by atoms with Crippen LogP contribution in [0.1, 0.15) is 38.5 Å². The molecule has 0 spiro atoms. The standard InChI is InChI=1S/C20H27N3O3/c24-19-13-26-18-9-4-3-8-17(18)23(19)11-5-10-21-20(25)16-12-14-6-1-2-7-15(14)22-16/h3-4,8-9,14-16,22H,1-2,5-7,10-13H2,(H,21,25). The number of carbonyl (C=O) groups excluding carboxylic acids is 2. The van der Waals surface area contributed by atoms with Gasteiger partial charge in [-0.2, -0.15) is 0 Å². The van der Waals surface area contributed by atoms with Crippen LogP contribution < -0.4 is 20.3 Å². The summed E-state index contributed by atoms with van der Waals surface area (Å²) in [7, 11) is 0. The van der Waals surface area contributed by atoms with Gasteiger partial charge in [0.2, 0.25) is 5.91 Å². The van der Waals surface area contributed by atoms with Gasteiger partial charge < -0.3 is 20.3 Å². The van der Waals surface area contributed by atoms with Gasteiger partial charge in [-0.05, 0) is 43.7 Å². The van der Waals surface area contributed by atoms with E-state index in [0.29, 0.717) is 25.0 Å². The predicted octanol–water partition coefficient (Wildman–Crippen LogP) is 1.84. The number of hydrogen-bond donors (Lipinski definition) is 2. The van der Waals surface area contributed by atoms with Crippen molar-refractivity contribution in [2.24, 2.45) is 5.92 Å². The average Bonchev–Trinajstić information content (AvgIpc) is 3.11. The molecule has 4 rings (SSSR count). The van der Waals surface area contributed by atoms with Crippen molar-refractivity contribution in [1.29, 1.82) is 0 Å². The SMILES string of the molecule is O=C(NCCCN1C(=O)COc2ccccc21)C1CC2CCCCC2N1. The molecule has 1 saturated heterocycles. The van der Waals surface area contributed by atoms with Crippen molar-refractivity contribution in [3.63, 3.8) is 0 Å². The fraction of sp³-hybridized carbons (Fsp3) is 0.600. The molecule has 3 atom stereocenters. The number of fused-ring (bicyclic) bond motifs is 2. The number of hydrogen-bond acceptors (Lipinski definition) is 4. The van der Waals surface area contributed by atoms with Crippen molar-refractivity contribution in [3.8, 4) is 5.75 Å². The molecule has 1 aliphatic carbocycles. The first-order valence-electron chi connectivity index (χ1n) is 9.78. The van der Waals surface area contributed by atoms with Gasteiger partial charge in [0.25, 0.3) is 5.91 Å². The molecule has 2 aliphatic heterocycles. The zero-order valence-corrected chi connectivity index (χ0v) is 15.1.